The van der Waals surface area contributed by atoms with Crippen molar-refractivity contribution in [3.63, 3.8) is 0 Å². The normalized spacial score (nSPS) is 10.6. The molecule has 0 aliphatic carbocycles. The van der Waals surface area contributed by atoms with E-state index in [9.17, 15) is 9.90 Å². The van der Waals surface area contributed by atoms with Crippen LogP contribution in [0.4, 0.5) is 0 Å². The minimum absolute atomic E-state index is 0.277. The fraction of sp³-hybridized carbons (Fsp3) is 0.111. The Kier molecular flexibility index (Phi) is 3.77. The average molecular weight is 309 g/mol. The maximum atomic E-state index is 11.5. The summed E-state index contributed by atoms with van der Waals surface area (Å²) in [5, 5.41) is 10.2. The molecule has 0 saturated carbocycles. The molecule has 0 spiro atoms. The van der Waals surface area contributed by atoms with Gasteiger partial charge in [0.05, 0.1) is 5.69 Å². The van der Waals surface area contributed by atoms with Crippen LogP contribution in [-0.4, -0.2) is 16.1 Å². The molecule has 1 N–H and O–H groups in total. The number of benzene rings is 2. The number of hydrogen-bond donors (Lipinski definition) is 1. The Morgan fingerprint density at radius 2 is 1.41 bits per heavy atom. The molecule has 4 heteroatoms. The number of nitrogens with zero attached hydrogens (tertiary/aromatic N) is 1. The summed E-state index contributed by atoms with van der Waals surface area (Å²) in [6, 6.07) is 15.7. The van der Waals surface area contributed by atoms with Crippen LogP contribution in [0.15, 0.2) is 48.5 Å². The molecule has 0 bridgehead atoms. The van der Waals surface area contributed by atoms with Crippen molar-refractivity contribution in [2.75, 3.05) is 0 Å². The zero-order valence-electron chi connectivity index (χ0n) is 12.3. The molecule has 0 radical (unpaired) electrons. The molecule has 1 aromatic heterocycles. The Bertz CT molecular complexity index is 817. The molecule has 1 heterocycles. The largest absolute Gasteiger partial charge is 0.477 e. The molecular weight excluding hydrogens is 294 g/mol. The first kappa shape index (κ1) is 14.5. The smallest absolute Gasteiger partial charge is 0.348 e. The van der Waals surface area contributed by atoms with Crippen molar-refractivity contribution in [1.82, 2.24) is 4.98 Å². The Balaban J connectivity index is 2.11. The van der Waals surface area contributed by atoms with E-state index >= 15 is 0 Å². The molecule has 0 aliphatic heterocycles. The number of carboxylic acid groups (broad SMARTS) is 1. The van der Waals surface area contributed by atoms with E-state index < -0.39 is 5.97 Å². The van der Waals surface area contributed by atoms with Gasteiger partial charge in [-0.3, -0.25) is 0 Å². The van der Waals surface area contributed by atoms with Crippen LogP contribution in [0.2, 0.25) is 0 Å². The highest BCUT2D eigenvalue weighted by molar-refractivity contribution is 7.17. The van der Waals surface area contributed by atoms with Gasteiger partial charge >= 0.3 is 5.97 Å². The van der Waals surface area contributed by atoms with Crippen LogP contribution in [0.1, 0.15) is 20.8 Å². The van der Waals surface area contributed by atoms with Crippen molar-refractivity contribution >= 4 is 17.3 Å². The van der Waals surface area contributed by atoms with E-state index in [4.69, 9.17) is 0 Å². The highest BCUT2D eigenvalue weighted by atomic mass is 32.1. The number of hydrogen-bond acceptors (Lipinski definition) is 3. The molecular formula is C18H15NO2S. The maximum absolute atomic E-state index is 11.5. The molecule has 3 aromatic rings. The lowest BCUT2D eigenvalue weighted by Crippen LogP contribution is -1.95. The van der Waals surface area contributed by atoms with Crippen molar-refractivity contribution < 1.29 is 9.90 Å². The van der Waals surface area contributed by atoms with Gasteiger partial charge in [-0.05, 0) is 13.8 Å². The Morgan fingerprint density at radius 3 is 1.91 bits per heavy atom. The zero-order chi connectivity index (χ0) is 15.7. The average Bonchev–Trinajstić information content (AvgIpc) is 2.94. The summed E-state index contributed by atoms with van der Waals surface area (Å²) in [5.74, 6) is -0.938. The molecule has 22 heavy (non-hydrogen) atoms. The Labute approximate surface area is 132 Å². The summed E-state index contributed by atoms with van der Waals surface area (Å²) in [4.78, 5) is 16.4. The Hall–Kier alpha value is -2.46. The van der Waals surface area contributed by atoms with Gasteiger partial charge in [-0.2, -0.15) is 0 Å². The molecule has 0 fully saturated rings. The van der Waals surface area contributed by atoms with E-state index in [1.54, 1.807) is 0 Å². The molecule has 3 nitrogen and oxygen atoms in total. The number of carbonyl (C=O) groups is 1. The number of carboxylic acids is 1. The molecule has 0 unspecified atom stereocenters. The molecule has 0 atom stereocenters. The predicted octanol–water partition coefficient (Wildman–Crippen LogP) is 4.79. The molecule has 2 aromatic carbocycles. The van der Waals surface area contributed by atoms with Gasteiger partial charge in [-0.1, -0.05) is 59.7 Å². The van der Waals surface area contributed by atoms with E-state index in [2.05, 4.69) is 4.98 Å². The monoisotopic (exact) mass is 309 g/mol. The van der Waals surface area contributed by atoms with Gasteiger partial charge in [0, 0.05) is 11.1 Å². The number of aryl methyl sites for hydroxylation is 2. The minimum Gasteiger partial charge on any atom is -0.477 e. The van der Waals surface area contributed by atoms with Crippen LogP contribution >= 0.6 is 11.3 Å². The number of aromatic nitrogens is 1. The van der Waals surface area contributed by atoms with Crippen LogP contribution in [-0.2, 0) is 0 Å². The fourth-order valence-corrected chi connectivity index (χ4v) is 3.12. The van der Waals surface area contributed by atoms with Crippen LogP contribution in [0.5, 0.6) is 0 Å². The maximum Gasteiger partial charge on any atom is 0.348 e. The highest BCUT2D eigenvalue weighted by Gasteiger charge is 2.19. The van der Waals surface area contributed by atoms with E-state index in [-0.39, 0.29) is 4.88 Å². The van der Waals surface area contributed by atoms with Gasteiger partial charge < -0.3 is 5.11 Å². The van der Waals surface area contributed by atoms with E-state index in [1.165, 1.54) is 11.3 Å². The third kappa shape index (κ3) is 2.78. The summed E-state index contributed by atoms with van der Waals surface area (Å²) in [6.45, 7) is 4.02. The van der Waals surface area contributed by atoms with Crippen LogP contribution in [0, 0.1) is 13.8 Å². The lowest BCUT2D eigenvalue weighted by atomic mass is 10.1. The van der Waals surface area contributed by atoms with Gasteiger partial charge in [-0.25, -0.2) is 9.78 Å². The van der Waals surface area contributed by atoms with Gasteiger partial charge in [0.2, 0.25) is 0 Å². The van der Waals surface area contributed by atoms with Crippen molar-refractivity contribution in [2.45, 2.75) is 13.8 Å². The van der Waals surface area contributed by atoms with Gasteiger partial charge in [0.1, 0.15) is 9.88 Å². The summed E-state index contributed by atoms with van der Waals surface area (Å²) in [7, 11) is 0. The van der Waals surface area contributed by atoms with Crippen LogP contribution in [0.3, 0.4) is 0 Å². The van der Waals surface area contributed by atoms with Gasteiger partial charge in [-0.15, -0.1) is 11.3 Å². The summed E-state index contributed by atoms with van der Waals surface area (Å²) >= 11 is 1.21. The van der Waals surface area contributed by atoms with Gasteiger partial charge in [0.25, 0.3) is 0 Å². The predicted molar refractivity (Wildman–Crippen MR) is 89.4 cm³/mol. The highest BCUT2D eigenvalue weighted by Crippen LogP contribution is 2.34. The third-order valence-corrected chi connectivity index (χ3v) is 4.54. The number of rotatable bonds is 3. The number of thiazole rings is 1. The first-order valence-electron chi connectivity index (χ1n) is 6.93. The second kappa shape index (κ2) is 5.73. The summed E-state index contributed by atoms with van der Waals surface area (Å²) in [5.41, 5.74) is 4.61. The van der Waals surface area contributed by atoms with Crippen LogP contribution < -0.4 is 0 Å². The van der Waals surface area contributed by atoms with E-state index in [0.717, 1.165) is 27.3 Å². The SMILES string of the molecule is Cc1ccc(-c2nc(-c3ccc(C)cc3)c(C(=O)O)s2)cc1. The van der Waals surface area contributed by atoms with Crippen LogP contribution in [0.25, 0.3) is 21.8 Å². The first-order valence-corrected chi connectivity index (χ1v) is 7.74. The second-order valence-electron chi connectivity index (χ2n) is 5.23. The lowest BCUT2D eigenvalue weighted by Gasteiger charge is -2.00. The summed E-state index contributed by atoms with van der Waals surface area (Å²) in [6.07, 6.45) is 0. The summed E-state index contributed by atoms with van der Waals surface area (Å²) < 4.78 is 0. The number of aromatic carboxylic acids is 1. The molecule has 0 aliphatic rings. The molecule has 110 valence electrons. The van der Waals surface area contributed by atoms with E-state index in [1.807, 2.05) is 62.4 Å². The third-order valence-electron chi connectivity index (χ3n) is 3.44. The van der Waals surface area contributed by atoms with E-state index in [0.29, 0.717) is 5.69 Å². The Morgan fingerprint density at radius 1 is 0.909 bits per heavy atom. The zero-order valence-corrected chi connectivity index (χ0v) is 13.1. The molecule has 0 amide bonds. The fourth-order valence-electron chi connectivity index (χ4n) is 2.19. The lowest BCUT2D eigenvalue weighted by molar-refractivity contribution is 0.0702. The quantitative estimate of drug-likeness (QED) is 0.756. The minimum atomic E-state index is -0.938. The van der Waals surface area contributed by atoms with Crippen molar-refractivity contribution in [2.24, 2.45) is 0 Å². The van der Waals surface area contributed by atoms with Crippen molar-refractivity contribution in [3.05, 3.63) is 64.5 Å². The van der Waals surface area contributed by atoms with Gasteiger partial charge in [0.15, 0.2) is 0 Å². The first-order chi connectivity index (χ1) is 10.5. The standard InChI is InChI=1S/C18H15NO2S/c1-11-3-7-13(8-4-11)15-16(18(20)21)22-17(19-15)14-9-5-12(2)6-10-14/h3-10H,1-2H3,(H,20,21). The molecule has 3 rings (SSSR count). The second-order valence-corrected chi connectivity index (χ2v) is 6.23. The van der Waals surface area contributed by atoms with Crippen molar-refractivity contribution in [3.8, 4) is 21.8 Å². The van der Waals surface area contributed by atoms with Crippen molar-refractivity contribution in [1.29, 1.82) is 0 Å². The topological polar surface area (TPSA) is 50.2 Å². The molecule has 0 saturated heterocycles.